The Morgan fingerprint density at radius 1 is 1.06 bits per heavy atom. The van der Waals surface area contributed by atoms with E-state index in [2.05, 4.69) is 0 Å². The molecule has 0 saturated heterocycles. The largest absolute Gasteiger partial charge is 0.462 e. The fourth-order valence-electron chi connectivity index (χ4n) is 1.43. The Morgan fingerprint density at radius 3 is 2.00 bits per heavy atom. The molecule has 6 heteroatoms. The third kappa shape index (κ3) is 8.03. The first-order valence-corrected chi connectivity index (χ1v) is 6.14. The van der Waals surface area contributed by atoms with E-state index in [0.717, 1.165) is 0 Å². The minimum Gasteiger partial charge on any atom is -0.462 e. The van der Waals surface area contributed by atoms with Gasteiger partial charge in [-0.05, 0) is 13.3 Å². The molecule has 2 unspecified atom stereocenters. The van der Waals surface area contributed by atoms with E-state index in [-0.39, 0.29) is 38.3 Å². The first-order chi connectivity index (χ1) is 8.53. The zero-order chi connectivity index (χ0) is 14.0. The maximum Gasteiger partial charge on any atom is 0.308 e. The molecule has 0 aromatic carbocycles. The van der Waals surface area contributed by atoms with Gasteiger partial charge in [0.1, 0.15) is 12.2 Å². The van der Waals surface area contributed by atoms with Crippen molar-refractivity contribution in [1.82, 2.24) is 0 Å². The van der Waals surface area contributed by atoms with Gasteiger partial charge in [-0.25, -0.2) is 0 Å². The lowest BCUT2D eigenvalue weighted by Crippen LogP contribution is -2.25. The van der Waals surface area contributed by atoms with Crippen LogP contribution >= 0.6 is 0 Å². The number of hydrogen-bond donors (Lipinski definition) is 2. The predicted molar refractivity (Wildman–Crippen MR) is 63.7 cm³/mol. The summed E-state index contributed by atoms with van der Waals surface area (Å²) >= 11 is 0. The number of hydrogen-bond acceptors (Lipinski definition) is 6. The standard InChI is InChI=1S/C12H22O6/c1-3-10(18-12(16)5-7-14)8-9(2)17-11(15)4-6-13/h9-10,13-14H,3-8H2,1-2H3. The number of aliphatic hydroxyl groups is 2. The summed E-state index contributed by atoms with van der Waals surface area (Å²) in [4.78, 5) is 22.3. The Kier molecular flexibility index (Phi) is 9.22. The average molecular weight is 262 g/mol. The van der Waals surface area contributed by atoms with E-state index in [1.807, 2.05) is 6.92 Å². The van der Waals surface area contributed by atoms with Gasteiger partial charge in [-0.3, -0.25) is 9.59 Å². The molecular weight excluding hydrogens is 240 g/mol. The van der Waals surface area contributed by atoms with Gasteiger partial charge in [0.15, 0.2) is 0 Å². The van der Waals surface area contributed by atoms with Gasteiger partial charge in [0.05, 0.1) is 26.1 Å². The number of ether oxygens (including phenoxy) is 2. The fourth-order valence-corrected chi connectivity index (χ4v) is 1.43. The van der Waals surface area contributed by atoms with Crippen molar-refractivity contribution < 1.29 is 29.3 Å². The molecule has 0 fully saturated rings. The van der Waals surface area contributed by atoms with Crippen LogP contribution in [0.5, 0.6) is 0 Å². The minimum absolute atomic E-state index is 0.0326. The van der Waals surface area contributed by atoms with Crippen LogP contribution in [0.1, 0.15) is 39.5 Å². The number of rotatable bonds is 9. The van der Waals surface area contributed by atoms with E-state index in [9.17, 15) is 9.59 Å². The monoisotopic (exact) mass is 262 g/mol. The molecule has 0 aliphatic carbocycles. The van der Waals surface area contributed by atoms with Gasteiger partial charge < -0.3 is 19.7 Å². The number of carbonyl (C=O) groups is 2. The second-order valence-electron chi connectivity index (χ2n) is 4.00. The van der Waals surface area contributed by atoms with Crippen LogP contribution in [0.15, 0.2) is 0 Å². The molecule has 2 atom stereocenters. The van der Waals surface area contributed by atoms with Crippen LogP contribution in [-0.2, 0) is 19.1 Å². The summed E-state index contributed by atoms with van der Waals surface area (Å²) in [6, 6.07) is 0. The van der Waals surface area contributed by atoms with Crippen LogP contribution in [0, 0.1) is 0 Å². The Bertz CT molecular complexity index is 253. The molecule has 106 valence electrons. The molecule has 0 aliphatic heterocycles. The van der Waals surface area contributed by atoms with E-state index in [4.69, 9.17) is 19.7 Å². The van der Waals surface area contributed by atoms with Crippen LogP contribution in [0.4, 0.5) is 0 Å². The van der Waals surface area contributed by atoms with Crippen molar-refractivity contribution in [2.75, 3.05) is 13.2 Å². The number of aliphatic hydroxyl groups excluding tert-OH is 2. The summed E-state index contributed by atoms with van der Waals surface area (Å²) in [6.07, 6.45) is 0.238. The van der Waals surface area contributed by atoms with Crippen LogP contribution in [0.3, 0.4) is 0 Å². The minimum atomic E-state index is -0.471. The van der Waals surface area contributed by atoms with Crippen molar-refractivity contribution in [1.29, 1.82) is 0 Å². The second-order valence-corrected chi connectivity index (χ2v) is 4.00. The molecule has 0 spiro atoms. The van der Waals surface area contributed by atoms with Gasteiger partial charge in [0.25, 0.3) is 0 Å². The summed E-state index contributed by atoms with van der Waals surface area (Å²) < 4.78 is 10.1. The third-order valence-electron chi connectivity index (χ3n) is 2.31. The molecule has 0 aromatic heterocycles. The maximum atomic E-state index is 11.2. The zero-order valence-corrected chi connectivity index (χ0v) is 10.9. The summed E-state index contributed by atoms with van der Waals surface area (Å²) in [5.41, 5.74) is 0. The molecule has 0 bridgehead atoms. The Balaban J connectivity index is 4.03. The first-order valence-electron chi connectivity index (χ1n) is 6.14. The molecule has 2 N–H and O–H groups in total. The zero-order valence-electron chi connectivity index (χ0n) is 10.9. The fraction of sp³-hybridized carbons (Fsp3) is 0.833. The molecule has 0 radical (unpaired) electrons. The van der Waals surface area contributed by atoms with E-state index in [0.29, 0.717) is 12.8 Å². The quantitative estimate of drug-likeness (QED) is 0.584. The Labute approximate surface area is 107 Å². The molecule has 18 heavy (non-hydrogen) atoms. The SMILES string of the molecule is CCC(CC(C)OC(=O)CCO)OC(=O)CCO. The van der Waals surface area contributed by atoms with Gasteiger partial charge in [-0.15, -0.1) is 0 Å². The van der Waals surface area contributed by atoms with Crippen LogP contribution in [-0.4, -0.2) is 47.6 Å². The molecular formula is C12H22O6. The summed E-state index contributed by atoms with van der Waals surface area (Å²) in [5.74, 6) is -0.931. The van der Waals surface area contributed by atoms with Crippen molar-refractivity contribution in [2.24, 2.45) is 0 Å². The van der Waals surface area contributed by atoms with Crippen LogP contribution in [0.25, 0.3) is 0 Å². The van der Waals surface area contributed by atoms with E-state index in [1.165, 1.54) is 0 Å². The van der Waals surface area contributed by atoms with Crippen molar-refractivity contribution >= 4 is 11.9 Å². The normalized spacial score (nSPS) is 13.8. The molecule has 0 heterocycles. The first kappa shape index (κ1) is 16.9. The lowest BCUT2D eigenvalue weighted by molar-refractivity contribution is -0.155. The third-order valence-corrected chi connectivity index (χ3v) is 2.31. The van der Waals surface area contributed by atoms with E-state index in [1.54, 1.807) is 6.92 Å². The topological polar surface area (TPSA) is 93.1 Å². The summed E-state index contributed by atoms with van der Waals surface area (Å²) in [6.45, 7) is 3.08. The molecule has 0 saturated carbocycles. The molecule has 6 nitrogen and oxygen atoms in total. The highest BCUT2D eigenvalue weighted by molar-refractivity contribution is 5.70. The van der Waals surface area contributed by atoms with Crippen molar-refractivity contribution in [3.05, 3.63) is 0 Å². The molecule has 0 amide bonds. The van der Waals surface area contributed by atoms with Gasteiger partial charge in [-0.2, -0.15) is 0 Å². The Hall–Kier alpha value is -1.14. The van der Waals surface area contributed by atoms with Crippen LogP contribution < -0.4 is 0 Å². The highest BCUT2D eigenvalue weighted by Crippen LogP contribution is 2.11. The highest BCUT2D eigenvalue weighted by Gasteiger charge is 2.18. The van der Waals surface area contributed by atoms with E-state index < -0.39 is 11.9 Å². The number of esters is 2. The molecule has 0 rings (SSSR count). The smallest absolute Gasteiger partial charge is 0.308 e. The van der Waals surface area contributed by atoms with Gasteiger partial charge in [0, 0.05) is 6.42 Å². The number of carbonyl (C=O) groups excluding carboxylic acids is 2. The van der Waals surface area contributed by atoms with Gasteiger partial charge >= 0.3 is 11.9 Å². The Morgan fingerprint density at radius 2 is 1.56 bits per heavy atom. The molecule has 0 aromatic rings. The summed E-state index contributed by atoms with van der Waals surface area (Å²) in [5, 5.41) is 17.2. The van der Waals surface area contributed by atoms with Crippen LogP contribution in [0.2, 0.25) is 0 Å². The summed E-state index contributed by atoms with van der Waals surface area (Å²) in [7, 11) is 0. The van der Waals surface area contributed by atoms with Crippen molar-refractivity contribution in [3.8, 4) is 0 Å². The molecule has 0 aliphatic rings. The van der Waals surface area contributed by atoms with Crippen molar-refractivity contribution in [2.45, 2.75) is 51.7 Å². The lowest BCUT2D eigenvalue weighted by Gasteiger charge is -2.20. The van der Waals surface area contributed by atoms with E-state index >= 15 is 0 Å². The lowest BCUT2D eigenvalue weighted by atomic mass is 10.1. The second kappa shape index (κ2) is 9.85. The average Bonchev–Trinajstić information content (AvgIpc) is 2.28. The maximum absolute atomic E-state index is 11.2. The highest BCUT2D eigenvalue weighted by atomic mass is 16.6. The van der Waals surface area contributed by atoms with Gasteiger partial charge in [0.2, 0.25) is 0 Å². The predicted octanol–water partition coefficient (Wildman–Crippen LogP) is 0.395. The van der Waals surface area contributed by atoms with Gasteiger partial charge in [-0.1, -0.05) is 6.92 Å². The van der Waals surface area contributed by atoms with Crippen molar-refractivity contribution in [3.63, 3.8) is 0 Å².